The number of benzene rings is 1. The quantitative estimate of drug-likeness (QED) is 0.404. The van der Waals surface area contributed by atoms with Crippen LogP contribution < -0.4 is 10.2 Å². The van der Waals surface area contributed by atoms with Crippen molar-refractivity contribution >= 4 is 21.7 Å². The Hall–Kier alpha value is -3.58. The van der Waals surface area contributed by atoms with Gasteiger partial charge in [0.25, 0.3) is 5.91 Å². The van der Waals surface area contributed by atoms with Crippen molar-refractivity contribution in [3.63, 3.8) is 0 Å². The minimum atomic E-state index is -4.78. The summed E-state index contributed by atoms with van der Waals surface area (Å²) >= 11 is 0. The van der Waals surface area contributed by atoms with Crippen LogP contribution in [0.15, 0.2) is 47.6 Å². The lowest BCUT2D eigenvalue weighted by molar-refractivity contribution is -0.142. The lowest BCUT2D eigenvalue weighted by atomic mass is 9.99. The normalized spacial score (nSPS) is 16.2. The molecule has 0 aliphatic carbocycles. The lowest BCUT2D eigenvalue weighted by Gasteiger charge is -2.28. The number of nitrogens with zero attached hydrogens (tertiary/aromatic N) is 4. The van der Waals surface area contributed by atoms with Gasteiger partial charge in [-0.2, -0.15) is 13.2 Å². The Kier molecular flexibility index (Phi) is 8.18. The van der Waals surface area contributed by atoms with Crippen molar-refractivity contribution in [2.45, 2.75) is 64.0 Å². The van der Waals surface area contributed by atoms with Crippen LogP contribution in [0, 0.1) is 5.92 Å². The molecule has 13 heteroatoms. The van der Waals surface area contributed by atoms with Crippen molar-refractivity contribution in [1.82, 2.24) is 20.3 Å². The molecule has 2 N–H and O–H groups in total. The monoisotopic (exact) mass is 577 g/mol. The highest BCUT2D eigenvalue weighted by molar-refractivity contribution is 7.91. The minimum absolute atomic E-state index is 0.00764. The number of nitrogens with one attached hydrogen (secondary N) is 1. The average Bonchev–Trinajstić information content (AvgIpc) is 3.30. The molecule has 3 aromatic rings. The highest BCUT2D eigenvalue weighted by atomic mass is 32.2. The minimum Gasteiger partial charge on any atom is -0.389 e. The molecule has 0 fully saturated rings. The number of aliphatic hydroxyl groups excluding tert-OH is 1. The molecular formula is C27H30F3N5O4S. The van der Waals surface area contributed by atoms with Crippen LogP contribution in [-0.2, 0) is 29.1 Å². The van der Waals surface area contributed by atoms with E-state index in [1.807, 2.05) is 13.8 Å². The van der Waals surface area contributed by atoms with Crippen LogP contribution in [-0.4, -0.2) is 40.1 Å². The van der Waals surface area contributed by atoms with Gasteiger partial charge < -0.3 is 15.3 Å². The second-order valence-electron chi connectivity index (χ2n) is 9.96. The summed E-state index contributed by atoms with van der Waals surface area (Å²) in [6.45, 7) is 6.90. The molecule has 0 bridgehead atoms. The van der Waals surface area contributed by atoms with E-state index in [4.69, 9.17) is 0 Å². The Labute approximate surface area is 230 Å². The molecule has 4 rings (SSSR count). The number of hydrogen-bond donors (Lipinski definition) is 2. The Morgan fingerprint density at radius 2 is 1.82 bits per heavy atom. The average molecular weight is 578 g/mol. The highest BCUT2D eigenvalue weighted by Crippen LogP contribution is 2.41. The number of rotatable bonds is 8. The number of amides is 1. The number of sulfone groups is 1. The van der Waals surface area contributed by atoms with Crippen molar-refractivity contribution in [2.75, 3.05) is 10.7 Å². The molecule has 2 aromatic heterocycles. The second-order valence-corrected chi connectivity index (χ2v) is 12.2. The largest absolute Gasteiger partial charge is 0.433 e. The van der Waals surface area contributed by atoms with Gasteiger partial charge in [0, 0.05) is 31.0 Å². The Bertz CT molecular complexity index is 1510. The van der Waals surface area contributed by atoms with Crippen LogP contribution in [0.5, 0.6) is 0 Å². The van der Waals surface area contributed by atoms with E-state index in [0.717, 1.165) is 6.20 Å². The fraction of sp³-hybridized carbons (Fsp3) is 0.407. The van der Waals surface area contributed by atoms with E-state index in [1.165, 1.54) is 25.3 Å². The predicted molar refractivity (Wildman–Crippen MR) is 141 cm³/mol. The molecule has 1 amide bonds. The van der Waals surface area contributed by atoms with Crippen LogP contribution in [0.1, 0.15) is 78.3 Å². The summed E-state index contributed by atoms with van der Waals surface area (Å²) in [6.07, 6.45) is -3.76. The maximum atomic E-state index is 13.7. The van der Waals surface area contributed by atoms with Crippen molar-refractivity contribution < 1.29 is 31.5 Å². The van der Waals surface area contributed by atoms with Gasteiger partial charge in [0.1, 0.15) is 0 Å². The number of hydrogen-bond acceptors (Lipinski definition) is 8. The molecule has 0 spiro atoms. The molecule has 40 heavy (non-hydrogen) atoms. The maximum absolute atomic E-state index is 13.7. The predicted octanol–water partition coefficient (Wildman–Crippen LogP) is 4.38. The van der Waals surface area contributed by atoms with E-state index < -0.39 is 45.3 Å². The second kappa shape index (κ2) is 11.1. The summed E-state index contributed by atoms with van der Waals surface area (Å²) in [5.41, 5.74) is 0.664. The van der Waals surface area contributed by atoms with Crippen molar-refractivity contribution in [3.8, 4) is 0 Å². The maximum Gasteiger partial charge on any atom is 0.433 e. The van der Waals surface area contributed by atoms with Crippen molar-refractivity contribution in [2.24, 2.45) is 5.92 Å². The summed E-state index contributed by atoms with van der Waals surface area (Å²) in [7, 11) is -3.32. The number of anilines is 1. The Balaban J connectivity index is 1.55. The number of alkyl halides is 3. The van der Waals surface area contributed by atoms with Crippen molar-refractivity contribution in [3.05, 3.63) is 76.4 Å². The summed E-state index contributed by atoms with van der Waals surface area (Å²) in [5, 5.41) is 12.6. The zero-order valence-corrected chi connectivity index (χ0v) is 23.2. The number of halogens is 3. The molecule has 9 nitrogen and oxygen atoms in total. The molecule has 3 heterocycles. The Morgan fingerprint density at radius 1 is 1.15 bits per heavy atom. The van der Waals surface area contributed by atoms with Gasteiger partial charge in [0.15, 0.2) is 15.5 Å². The number of fused-ring (bicyclic) bond motifs is 1. The summed E-state index contributed by atoms with van der Waals surface area (Å²) in [4.78, 5) is 27.1. The standard InChI is InChI=1S/C27H30F3N5O4S/c1-5-40(38,39)20-8-6-17(7-9-20)11-32-25(37)18-10-19-14-35(23(15(2)3)22(19)31-12-18)26-33-13-21(16(4)36)24(34-26)27(28,29)30/h6-10,12-13,15-16,23,36H,5,11,14H2,1-4H3,(H,32,37)/t16-,23-/m0/s1. The fourth-order valence-electron chi connectivity index (χ4n) is 4.66. The van der Waals surface area contributed by atoms with Crippen LogP contribution in [0.4, 0.5) is 19.1 Å². The molecule has 214 valence electrons. The van der Waals surface area contributed by atoms with Gasteiger partial charge in [0.2, 0.25) is 5.95 Å². The van der Waals surface area contributed by atoms with Gasteiger partial charge >= 0.3 is 6.18 Å². The first-order valence-electron chi connectivity index (χ1n) is 12.7. The van der Waals surface area contributed by atoms with Gasteiger partial charge in [-0.05, 0) is 42.2 Å². The smallest absolute Gasteiger partial charge is 0.389 e. The van der Waals surface area contributed by atoms with Gasteiger partial charge in [-0.1, -0.05) is 32.9 Å². The highest BCUT2D eigenvalue weighted by Gasteiger charge is 2.40. The van der Waals surface area contributed by atoms with E-state index in [9.17, 15) is 31.5 Å². The first-order valence-corrected chi connectivity index (χ1v) is 14.4. The first-order chi connectivity index (χ1) is 18.7. The van der Waals surface area contributed by atoms with Crippen LogP contribution in [0.2, 0.25) is 0 Å². The summed E-state index contributed by atoms with van der Waals surface area (Å²) in [5.74, 6) is -0.626. The third kappa shape index (κ3) is 5.94. The molecule has 0 unspecified atom stereocenters. The number of aliphatic hydroxyl groups is 1. The lowest BCUT2D eigenvalue weighted by Crippen LogP contribution is -2.29. The van der Waals surface area contributed by atoms with Gasteiger partial charge in [-0.3, -0.25) is 9.78 Å². The van der Waals surface area contributed by atoms with Gasteiger partial charge in [0.05, 0.1) is 34.1 Å². The van der Waals surface area contributed by atoms with Crippen LogP contribution in [0.25, 0.3) is 0 Å². The van der Waals surface area contributed by atoms with Crippen LogP contribution in [0.3, 0.4) is 0 Å². The fourth-order valence-corrected chi connectivity index (χ4v) is 5.54. The van der Waals surface area contributed by atoms with E-state index in [2.05, 4.69) is 20.3 Å². The number of carbonyl (C=O) groups is 1. The molecule has 0 saturated heterocycles. The van der Waals surface area contributed by atoms with Crippen LogP contribution >= 0.6 is 0 Å². The summed E-state index contributed by atoms with van der Waals surface area (Å²) < 4.78 is 65.1. The molecule has 1 aromatic carbocycles. The molecule has 1 aliphatic rings. The Morgan fingerprint density at radius 3 is 2.40 bits per heavy atom. The number of carbonyl (C=O) groups excluding carboxylic acids is 1. The zero-order chi connectivity index (χ0) is 29.4. The van der Waals surface area contributed by atoms with E-state index >= 15 is 0 Å². The van der Waals surface area contributed by atoms with Gasteiger partial charge in [-0.25, -0.2) is 18.4 Å². The van der Waals surface area contributed by atoms with E-state index in [1.54, 1.807) is 30.0 Å². The molecule has 1 aliphatic heterocycles. The first kappa shape index (κ1) is 29.4. The van der Waals surface area contributed by atoms with Gasteiger partial charge in [-0.15, -0.1) is 0 Å². The topological polar surface area (TPSA) is 125 Å². The van der Waals surface area contributed by atoms with E-state index in [-0.39, 0.29) is 41.2 Å². The number of aromatic nitrogens is 3. The molecule has 2 atom stereocenters. The van der Waals surface area contributed by atoms with Crippen molar-refractivity contribution in [1.29, 1.82) is 0 Å². The third-order valence-corrected chi connectivity index (χ3v) is 8.50. The third-order valence-electron chi connectivity index (χ3n) is 6.75. The zero-order valence-electron chi connectivity index (χ0n) is 22.4. The SMILES string of the molecule is CCS(=O)(=O)c1ccc(CNC(=O)c2cnc3c(c2)CN(c2ncc([C@H](C)O)c(C(F)(F)F)n2)[C@H]3C(C)C)cc1. The number of pyridine rings is 1. The molecule has 0 saturated carbocycles. The molecular weight excluding hydrogens is 547 g/mol. The molecule has 0 radical (unpaired) electrons. The van der Waals surface area contributed by atoms with E-state index in [0.29, 0.717) is 16.8 Å². The summed E-state index contributed by atoms with van der Waals surface area (Å²) in [6, 6.07) is 7.48.